The average molecular weight is 369 g/mol. The molecule has 3 heteroatoms. The van der Waals surface area contributed by atoms with E-state index in [4.69, 9.17) is 4.74 Å². The predicted molar refractivity (Wildman–Crippen MR) is 111 cm³/mol. The normalized spacial score (nSPS) is 12.3. The van der Waals surface area contributed by atoms with E-state index in [9.17, 15) is 9.59 Å². The Labute approximate surface area is 163 Å². The maximum absolute atomic E-state index is 12.4. The topological polar surface area (TPSA) is 43.4 Å². The summed E-state index contributed by atoms with van der Waals surface area (Å²) < 4.78 is 5.51. The maximum Gasteiger partial charge on any atom is 0.317 e. The van der Waals surface area contributed by atoms with Gasteiger partial charge in [0.2, 0.25) is 0 Å². The van der Waals surface area contributed by atoms with Crippen molar-refractivity contribution in [2.45, 2.75) is 60.3 Å². The summed E-state index contributed by atoms with van der Waals surface area (Å²) in [7, 11) is 0. The molecule has 3 nitrogen and oxygen atoms in total. The molecule has 0 heterocycles. The van der Waals surface area contributed by atoms with Crippen molar-refractivity contribution in [1.29, 1.82) is 0 Å². The van der Waals surface area contributed by atoms with E-state index in [0.717, 1.165) is 19.3 Å². The van der Waals surface area contributed by atoms with Crippen molar-refractivity contribution in [3.8, 4) is 5.75 Å². The van der Waals surface area contributed by atoms with Gasteiger partial charge in [-0.25, -0.2) is 0 Å². The van der Waals surface area contributed by atoms with Crippen LogP contribution in [0.5, 0.6) is 5.75 Å². The summed E-state index contributed by atoms with van der Waals surface area (Å²) in [5.74, 6) is 0.215. The minimum absolute atomic E-state index is 0.0437. The van der Waals surface area contributed by atoms with Gasteiger partial charge in [-0.2, -0.15) is 0 Å². The molecule has 0 spiro atoms. The van der Waals surface area contributed by atoms with Crippen LogP contribution in [0, 0.1) is 5.41 Å². The Morgan fingerprint density at radius 3 is 1.85 bits per heavy atom. The minimum atomic E-state index is -0.465. The highest BCUT2D eigenvalue weighted by molar-refractivity contribution is 6.09. The first-order valence-electron chi connectivity index (χ1n) is 9.83. The molecule has 0 bridgehead atoms. The number of hydrogen-bond donors (Lipinski definition) is 0. The van der Waals surface area contributed by atoms with Crippen molar-refractivity contribution >= 4 is 11.8 Å². The molecule has 2 aromatic rings. The number of benzene rings is 2. The molecule has 146 valence electrons. The third-order valence-corrected chi connectivity index (χ3v) is 4.44. The van der Waals surface area contributed by atoms with E-state index in [1.807, 2.05) is 32.0 Å². The predicted octanol–water partition coefficient (Wildman–Crippen LogP) is 6.46. The Bertz CT molecular complexity index is 704. The van der Waals surface area contributed by atoms with Gasteiger partial charge in [0.15, 0.2) is 5.78 Å². The third kappa shape index (κ3) is 6.67. The molecule has 1 atom stereocenters. The van der Waals surface area contributed by atoms with E-state index < -0.39 is 5.41 Å². The van der Waals surface area contributed by atoms with Gasteiger partial charge < -0.3 is 4.74 Å². The lowest BCUT2D eigenvalue weighted by molar-refractivity contribution is -0.145. The molecule has 0 aromatic heterocycles. The molecule has 2 rings (SSSR count). The number of ketones is 1. The van der Waals surface area contributed by atoms with Crippen molar-refractivity contribution in [3.63, 3.8) is 0 Å². The smallest absolute Gasteiger partial charge is 0.317 e. The first kappa shape index (κ1) is 22.6. The first-order chi connectivity index (χ1) is 12.9. The van der Waals surface area contributed by atoms with Gasteiger partial charge in [0.05, 0.1) is 5.41 Å². The molecule has 0 radical (unpaired) electrons. The van der Waals surface area contributed by atoms with E-state index in [2.05, 4.69) is 20.8 Å². The Balaban J connectivity index is 0.00000114. The van der Waals surface area contributed by atoms with Crippen LogP contribution in [0.4, 0.5) is 0 Å². The zero-order valence-electron chi connectivity index (χ0n) is 17.2. The number of carbonyl (C=O) groups excluding carboxylic acids is 2. The molecule has 0 amide bonds. The second kappa shape index (κ2) is 11.3. The van der Waals surface area contributed by atoms with Gasteiger partial charge in [0, 0.05) is 11.1 Å². The van der Waals surface area contributed by atoms with Crippen molar-refractivity contribution in [2.75, 3.05) is 0 Å². The Kier molecular flexibility index (Phi) is 9.49. The molecular weight excluding hydrogens is 336 g/mol. The van der Waals surface area contributed by atoms with Crippen LogP contribution in [-0.4, -0.2) is 11.8 Å². The molecule has 0 saturated carbocycles. The monoisotopic (exact) mass is 368 g/mol. The molecule has 0 fully saturated rings. The minimum Gasteiger partial charge on any atom is -0.426 e. The van der Waals surface area contributed by atoms with Crippen LogP contribution in [0.3, 0.4) is 0 Å². The lowest BCUT2D eigenvalue weighted by Gasteiger charge is -2.25. The summed E-state index contributed by atoms with van der Waals surface area (Å²) in [5, 5.41) is 0. The molecular formula is C24H32O3. The molecule has 1 unspecified atom stereocenters. The molecule has 0 aliphatic carbocycles. The van der Waals surface area contributed by atoms with Gasteiger partial charge >= 0.3 is 5.97 Å². The van der Waals surface area contributed by atoms with Crippen LogP contribution in [-0.2, 0) is 4.79 Å². The van der Waals surface area contributed by atoms with Crippen LogP contribution >= 0.6 is 0 Å². The Morgan fingerprint density at radius 2 is 1.37 bits per heavy atom. The largest absolute Gasteiger partial charge is 0.426 e. The van der Waals surface area contributed by atoms with Gasteiger partial charge in [0.25, 0.3) is 0 Å². The van der Waals surface area contributed by atoms with E-state index in [0.29, 0.717) is 16.9 Å². The van der Waals surface area contributed by atoms with Crippen molar-refractivity contribution in [2.24, 2.45) is 5.41 Å². The number of carbonyl (C=O) groups is 2. The van der Waals surface area contributed by atoms with Crippen LogP contribution in [0.15, 0.2) is 54.6 Å². The Morgan fingerprint density at radius 1 is 0.852 bits per heavy atom. The highest BCUT2D eigenvalue weighted by atomic mass is 16.5. The number of ether oxygens (including phenoxy) is 1. The average Bonchev–Trinajstić information content (AvgIpc) is 2.69. The molecule has 0 aliphatic rings. The SMILES string of the molecule is CCC.CCCC(C)(CC)C(=O)Oc1ccc(C(=O)c2ccccc2)cc1. The van der Waals surface area contributed by atoms with Gasteiger partial charge in [-0.1, -0.05) is 70.9 Å². The van der Waals surface area contributed by atoms with Crippen molar-refractivity contribution in [3.05, 3.63) is 65.7 Å². The summed E-state index contributed by atoms with van der Waals surface area (Å²) in [5.41, 5.74) is 0.754. The number of esters is 1. The molecule has 0 saturated heterocycles. The zero-order chi connectivity index (χ0) is 20.3. The number of hydrogen-bond acceptors (Lipinski definition) is 3. The molecule has 27 heavy (non-hydrogen) atoms. The van der Waals surface area contributed by atoms with Crippen LogP contribution in [0.25, 0.3) is 0 Å². The zero-order valence-corrected chi connectivity index (χ0v) is 17.2. The van der Waals surface area contributed by atoms with E-state index in [1.165, 1.54) is 6.42 Å². The highest BCUT2D eigenvalue weighted by Crippen LogP contribution is 2.30. The fraction of sp³-hybridized carbons (Fsp3) is 0.417. The summed E-state index contributed by atoms with van der Waals surface area (Å²) in [6.45, 7) is 10.2. The van der Waals surface area contributed by atoms with E-state index >= 15 is 0 Å². The van der Waals surface area contributed by atoms with Crippen LogP contribution in [0.1, 0.15) is 76.2 Å². The molecule has 2 aromatic carbocycles. The summed E-state index contributed by atoms with van der Waals surface area (Å²) in [6.07, 6.45) is 3.72. The fourth-order valence-electron chi connectivity index (χ4n) is 2.64. The fourth-order valence-corrected chi connectivity index (χ4v) is 2.64. The first-order valence-corrected chi connectivity index (χ1v) is 9.83. The van der Waals surface area contributed by atoms with Gasteiger partial charge in [0.1, 0.15) is 5.75 Å². The molecule has 0 N–H and O–H groups in total. The van der Waals surface area contributed by atoms with E-state index in [1.54, 1.807) is 36.4 Å². The lowest BCUT2D eigenvalue weighted by Crippen LogP contribution is -2.31. The third-order valence-electron chi connectivity index (χ3n) is 4.44. The highest BCUT2D eigenvalue weighted by Gasteiger charge is 2.32. The Hall–Kier alpha value is -2.42. The molecule has 0 aliphatic heterocycles. The van der Waals surface area contributed by atoms with Crippen molar-refractivity contribution < 1.29 is 14.3 Å². The van der Waals surface area contributed by atoms with E-state index in [-0.39, 0.29) is 11.8 Å². The van der Waals surface area contributed by atoms with Gasteiger partial charge in [-0.05, 0) is 44.0 Å². The van der Waals surface area contributed by atoms with Gasteiger partial charge in [-0.15, -0.1) is 0 Å². The van der Waals surface area contributed by atoms with Crippen molar-refractivity contribution in [1.82, 2.24) is 0 Å². The summed E-state index contributed by atoms with van der Waals surface area (Å²) >= 11 is 0. The van der Waals surface area contributed by atoms with Crippen LogP contribution < -0.4 is 4.74 Å². The maximum atomic E-state index is 12.4. The summed E-state index contributed by atoms with van der Waals surface area (Å²) in [6, 6.07) is 15.9. The van der Waals surface area contributed by atoms with Gasteiger partial charge in [-0.3, -0.25) is 9.59 Å². The quantitative estimate of drug-likeness (QED) is 0.320. The standard InChI is InChI=1S/C21H24O3.C3H8/c1-4-15-21(3,5-2)20(23)24-18-13-11-17(12-14-18)19(22)16-9-7-6-8-10-16;1-3-2/h6-14H,4-5,15H2,1-3H3;3H2,1-2H3. The second-order valence-corrected chi connectivity index (χ2v) is 6.98. The lowest BCUT2D eigenvalue weighted by atomic mass is 9.83. The number of rotatable bonds is 7. The van der Waals surface area contributed by atoms with Crippen LogP contribution in [0.2, 0.25) is 0 Å². The second-order valence-electron chi connectivity index (χ2n) is 6.98. The summed E-state index contributed by atoms with van der Waals surface area (Å²) in [4.78, 5) is 24.8.